The Labute approximate surface area is 114 Å². The third kappa shape index (κ3) is 2.79. The van der Waals surface area contributed by atoms with Gasteiger partial charge in [-0.2, -0.15) is 0 Å². The maximum absolute atomic E-state index is 6.05. The molecule has 1 heterocycles. The summed E-state index contributed by atoms with van der Waals surface area (Å²) in [4.78, 5) is 5.13. The second-order valence-corrected chi connectivity index (χ2v) is 5.81. The molecular formula is C14H20ClN3. The molecule has 2 aliphatic rings. The molecule has 0 spiro atoms. The largest absolute Gasteiger partial charge is 0.398 e. The fourth-order valence-corrected chi connectivity index (χ4v) is 2.86. The number of piperazine rings is 1. The van der Waals surface area contributed by atoms with Gasteiger partial charge < -0.3 is 5.73 Å². The Kier molecular flexibility index (Phi) is 3.46. The summed E-state index contributed by atoms with van der Waals surface area (Å²) in [6.45, 7) is 5.75. The molecule has 1 saturated heterocycles. The molecule has 1 aromatic carbocycles. The molecule has 4 heteroatoms. The van der Waals surface area contributed by atoms with Crippen LogP contribution in [0.15, 0.2) is 18.2 Å². The molecule has 0 atom stereocenters. The lowest BCUT2D eigenvalue weighted by Crippen LogP contribution is -2.46. The minimum atomic E-state index is 0.666. The Morgan fingerprint density at radius 3 is 2.50 bits per heavy atom. The van der Waals surface area contributed by atoms with Gasteiger partial charge in [-0.25, -0.2) is 0 Å². The number of nitrogens with two attached hydrogens (primary N) is 1. The van der Waals surface area contributed by atoms with Crippen LogP contribution >= 0.6 is 11.6 Å². The van der Waals surface area contributed by atoms with Gasteiger partial charge in [0.25, 0.3) is 0 Å². The van der Waals surface area contributed by atoms with Crippen molar-refractivity contribution in [1.29, 1.82) is 0 Å². The fourth-order valence-electron chi connectivity index (χ4n) is 2.65. The van der Waals surface area contributed by atoms with E-state index in [0.29, 0.717) is 10.7 Å². The lowest BCUT2D eigenvalue weighted by molar-refractivity contribution is 0.121. The van der Waals surface area contributed by atoms with Crippen LogP contribution in [0.4, 0.5) is 5.69 Å². The second-order valence-electron chi connectivity index (χ2n) is 5.40. The zero-order valence-corrected chi connectivity index (χ0v) is 11.4. The molecule has 0 radical (unpaired) electrons. The monoisotopic (exact) mass is 265 g/mol. The minimum Gasteiger partial charge on any atom is -0.398 e. The smallest absolute Gasteiger partial charge is 0.0638 e. The number of hydrogen-bond donors (Lipinski definition) is 1. The van der Waals surface area contributed by atoms with E-state index in [1.54, 1.807) is 0 Å². The van der Waals surface area contributed by atoms with Crippen LogP contribution in [0.1, 0.15) is 18.4 Å². The van der Waals surface area contributed by atoms with Gasteiger partial charge >= 0.3 is 0 Å². The first kappa shape index (κ1) is 12.3. The highest BCUT2D eigenvalue weighted by Gasteiger charge is 2.30. The van der Waals surface area contributed by atoms with Gasteiger partial charge in [0.15, 0.2) is 0 Å². The maximum Gasteiger partial charge on any atom is 0.0638 e. The number of halogens is 1. The van der Waals surface area contributed by atoms with Crippen LogP contribution in [-0.2, 0) is 6.54 Å². The van der Waals surface area contributed by atoms with Gasteiger partial charge in [-0.1, -0.05) is 17.7 Å². The Hall–Kier alpha value is -0.770. The van der Waals surface area contributed by atoms with E-state index in [0.717, 1.165) is 12.6 Å². The van der Waals surface area contributed by atoms with Crippen LogP contribution in [-0.4, -0.2) is 42.0 Å². The van der Waals surface area contributed by atoms with Gasteiger partial charge in [-0.3, -0.25) is 9.80 Å². The molecule has 1 aliphatic heterocycles. The first-order valence-corrected chi connectivity index (χ1v) is 7.10. The number of nitrogen functional groups attached to an aromatic ring is 1. The molecule has 0 unspecified atom stereocenters. The van der Waals surface area contributed by atoms with Crippen molar-refractivity contribution in [1.82, 2.24) is 9.80 Å². The molecule has 1 aliphatic carbocycles. The summed E-state index contributed by atoms with van der Waals surface area (Å²) in [6.07, 6.45) is 2.82. The van der Waals surface area contributed by atoms with Crippen molar-refractivity contribution in [2.24, 2.45) is 0 Å². The summed E-state index contributed by atoms with van der Waals surface area (Å²) < 4.78 is 0. The molecule has 0 bridgehead atoms. The topological polar surface area (TPSA) is 32.5 Å². The second kappa shape index (κ2) is 5.08. The van der Waals surface area contributed by atoms with Crippen LogP contribution < -0.4 is 5.73 Å². The summed E-state index contributed by atoms with van der Waals surface area (Å²) >= 11 is 6.05. The molecule has 1 aromatic rings. The van der Waals surface area contributed by atoms with Crippen molar-refractivity contribution in [3.8, 4) is 0 Å². The highest BCUT2D eigenvalue weighted by Crippen LogP contribution is 2.28. The molecular weight excluding hydrogens is 246 g/mol. The molecule has 3 rings (SSSR count). The molecule has 3 nitrogen and oxygen atoms in total. The lowest BCUT2D eigenvalue weighted by Gasteiger charge is -2.34. The molecule has 1 saturated carbocycles. The van der Waals surface area contributed by atoms with Gasteiger partial charge in [0.05, 0.1) is 10.7 Å². The lowest BCUT2D eigenvalue weighted by atomic mass is 10.2. The molecule has 2 fully saturated rings. The molecule has 0 aromatic heterocycles. The molecule has 2 N–H and O–H groups in total. The van der Waals surface area contributed by atoms with Crippen molar-refractivity contribution in [2.45, 2.75) is 25.4 Å². The van der Waals surface area contributed by atoms with E-state index in [9.17, 15) is 0 Å². The zero-order chi connectivity index (χ0) is 12.5. The van der Waals surface area contributed by atoms with Gasteiger partial charge in [0, 0.05) is 38.8 Å². The molecule has 98 valence electrons. The van der Waals surface area contributed by atoms with E-state index in [-0.39, 0.29) is 0 Å². The highest BCUT2D eigenvalue weighted by molar-refractivity contribution is 6.33. The quantitative estimate of drug-likeness (QED) is 0.851. The number of nitrogens with zero attached hydrogens (tertiary/aromatic N) is 2. The Morgan fingerprint density at radius 1 is 1.17 bits per heavy atom. The Bertz CT molecular complexity index is 423. The van der Waals surface area contributed by atoms with E-state index in [2.05, 4.69) is 15.9 Å². The normalized spacial score (nSPS) is 22.3. The summed E-state index contributed by atoms with van der Waals surface area (Å²) in [7, 11) is 0. The van der Waals surface area contributed by atoms with E-state index < -0.39 is 0 Å². The van der Waals surface area contributed by atoms with Crippen LogP contribution in [0.25, 0.3) is 0 Å². The number of hydrogen-bond acceptors (Lipinski definition) is 3. The standard InChI is InChI=1S/C14H20ClN3/c15-13-9-11(1-4-14(13)16)10-17-5-7-18(8-6-17)12-2-3-12/h1,4,9,12H,2-3,5-8,10,16H2. The van der Waals surface area contributed by atoms with E-state index >= 15 is 0 Å². The summed E-state index contributed by atoms with van der Waals surface area (Å²) in [5.74, 6) is 0. The Morgan fingerprint density at radius 2 is 1.89 bits per heavy atom. The predicted molar refractivity (Wildman–Crippen MR) is 75.7 cm³/mol. The van der Waals surface area contributed by atoms with Crippen molar-refractivity contribution >= 4 is 17.3 Å². The van der Waals surface area contributed by atoms with Crippen molar-refractivity contribution in [2.75, 3.05) is 31.9 Å². The van der Waals surface area contributed by atoms with Crippen LogP contribution in [0.2, 0.25) is 5.02 Å². The van der Waals surface area contributed by atoms with Crippen molar-refractivity contribution in [3.63, 3.8) is 0 Å². The van der Waals surface area contributed by atoms with E-state index in [1.165, 1.54) is 44.6 Å². The average molecular weight is 266 g/mol. The zero-order valence-electron chi connectivity index (χ0n) is 10.6. The summed E-state index contributed by atoms with van der Waals surface area (Å²) in [5, 5.41) is 0.670. The highest BCUT2D eigenvalue weighted by atomic mass is 35.5. The average Bonchev–Trinajstić information content (AvgIpc) is 3.19. The van der Waals surface area contributed by atoms with Crippen LogP contribution in [0, 0.1) is 0 Å². The summed E-state index contributed by atoms with van der Waals surface area (Å²) in [5.41, 5.74) is 7.65. The SMILES string of the molecule is Nc1ccc(CN2CCN(C3CC3)CC2)cc1Cl. The number of rotatable bonds is 3. The van der Waals surface area contributed by atoms with Crippen molar-refractivity contribution < 1.29 is 0 Å². The molecule has 0 amide bonds. The number of benzene rings is 1. The maximum atomic E-state index is 6.05. The van der Waals surface area contributed by atoms with Crippen LogP contribution in [0.5, 0.6) is 0 Å². The molecule has 18 heavy (non-hydrogen) atoms. The van der Waals surface area contributed by atoms with Gasteiger partial charge in [-0.05, 0) is 30.5 Å². The Balaban J connectivity index is 1.55. The summed E-state index contributed by atoms with van der Waals surface area (Å²) in [6, 6.07) is 6.87. The number of anilines is 1. The first-order valence-electron chi connectivity index (χ1n) is 6.73. The fraction of sp³-hybridized carbons (Fsp3) is 0.571. The predicted octanol–water partition coefficient (Wildman–Crippen LogP) is 2.20. The minimum absolute atomic E-state index is 0.666. The van der Waals surface area contributed by atoms with E-state index in [1.807, 2.05) is 12.1 Å². The van der Waals surface area contributed by atoms with Gasteiger partial charge in [0.1, 0.15) is 0 Å². The first-order chi connectivity index (χ1) is 8.72. The van der Waals surface area contributed by atoms with Gasteiger partial charge in [-0.15, -0.1) is 0 Å². The third-order valence-corrected chi connectivity index (χ3v) is 4.27. The van der Waals surface area contributed by atoms with Crippen LogP contribution in [0.3, 0.4) is 0 Å². The van der Waals surface area contributed by atoms with Crippen molar-refractivity contribution in [3.05, 3.63) is 28.8 Å². The van der Waals surface area contributed by atoms with Gasteiger partial charge in [0.2, 0.25) is 0 Å². The third-order valence-electron chi connectivity index (χ3n) is 3.94. The van der Waals surface area contributed by atoms with E-state index in [4.69, 9.17) is 17.3 Å².